The third-order valence-electron chi connectivity index (χ3n) is 4.80. The molecule has 0 radical (unpaired) electrons. The number of hydrogen-bond acceptors (Lipinski definition) is 6. The minimum atomic E-state index is -0.764. The fraction of sp³-hybridized carbons (Fsp3) is 0.400. The van der Waals surface area contributed by atoms with Crippen molar-refractivity contribution in [2.75, 3.05) is 13.1 Å². The minimum absolute atomic E-state index is 0.145. The Hall–Kier alpha value is -3.20. The zero-order valence-electron chi connectivity index (χ0n) is 16.0. The molecule has 3 rings (SSSR count). The van der Waals surface area contributed by atoms with Crippen molar-refractivity contribution in [3.8, 4) is 0 Å². The van der Waals surface area contributed by atoms with E-state index in [0.29, 0.717) is 25.8 Å². The fourth-order valence-electron chi connectivity index (χ4n) is 3.30. The molecule has 1 aromatic carbocycles. The van der Waals surface area contributed by atoms with Gasteiger partial charge in [0, 0.05) is 24.9 Å². The van der Waals surface area contributed by atoms with Crippen LogP contribution in [0.5, 0.6) is 0 Å². The summed E-state index contributed by atoms with van der Waals surface area (Å²) in [5, 5.41) is 2.57. The van der Waals surface area contributed by atoms with E-state index < -0.39 is 18.1 Å². The quantitative estimate of drug-likeness (QED) is 0.541. The highest BCUT2D eigenvalue weighted by atomic mass is 16.5. The van der Waals surface area contributed by atoms with Crippen molar-refractivity contribution < 1.29 is 19.1 Å². The van der Waals surface area contributed by atoms with Crippen LogP contribution in [0.1, 0.15) is 24.1 Å². The molecular weight excluding hydrogens is 374 g/mol. The van der Waals surface area contributed by atoms with Gasteiger partial charge in [-0.2, -0.15) is 0 Å². The van der Waals surface area contributed by atoms with E-state index in [4.69, 9.17) is 10.5 Å². The number of esters is 1. The molecule has 2 heterocycles. The summed E-state index contributed by atoms with van der Waals surface area (Å²) >= 11 is 0. The Morgan fingerprint density at radius 1 is 1.31 bits per heavy atom. The molecule has 0 aliphatic carbocycles. The maximum Gasteiger partial charge on any atom is 0.325 e. The van der Waals surface area contributed by atoms with Gasteiger partial charge in [-0.1, -0.05) is 30.3 Å². The number of nitrogens with two attached hydrogens (primary N) is 1. The number of aromatic amines is 1. The average Bonchev–Trinajstić information content (AvgIpc) is 3.42. The van der Waals surface area contributed by atoms with E-state index in [0.717, 1.165) is 11.3 Å². The standard InChI is InChI=1S/C20H25N5O4/c21-16(9-15-10-22-13-24-15)20(28)25-8-4-7-17(25)19(27)23-11-18(26)29-12-14-5-2-1-3-6-14/h1-3,5-6,10,13,16-17H,4,7-9,11-12,21H2,(H,22,24)(H,23,27)/t16-,17?/m0/s1. The first kappa shape index (κ1) is 20.5. The van der Waals surface area contributed by atoms with Crippen LogP contribution >= 0.6 is 0 Å². The number of nitrogens with zero attached hydrogens (tertiary/aromatic N) is 2. The first-order chi connectivity index (χ1) is 14.0. The third kappa shape index (κ3) is 5.64. The molecule has 29 heavy (non-hydrogen) atoms. The first-order valence-corrected chi connectivity index (χ1v) is 9.55. The van der Waals surface area contributed by atoms with Crippen LogP contribution < -0.4 is 11.1 Å². The minimum Gasteiger partial charge on any atom is -0.460 e. The Morgan fingerprint density at radius 2 is 2.10 bits per heavy atom. The molecule has 1 saturated heterocycles. The topological polar surface area (TPSA) is 130 Å². The molecule has 2 amide bonds. The van der Waals surface area contributed by atoms with Gasteiger partial charge in [-0.25, -0.2) is 4.98 Å². The van der Waals surface area contributed by atoms with Crippen LogP contribution in [-0.4, -0.2) is 57.8 Å². The van der Waals surface area contributed by atoms with Crippen LogP contribution in [0, 0.1) is 0 Å². The molecule has 1 unspecified atom stereocenters. The largest absolute Gasteiger partial charge is 0.460 e. The highest BCUT2D eigenvalue weighted by Crippen LogP contribution is 2.19. The van der Waals surface area contributed by atoms with Crippen molar-refractivity contribution >= 4 is 17.8 Å². The summed E-state index contributed by atoms with van der Waals surface area (Å²) in [5.74, 6) is -1.20. The lowest BCUT2D eigenvalue weighted by molar-refractivity contribution is -0.146. The molecule has 2 atom stereocenters. The number of imidazole rings is 1. The monoisotopic (exact) mass is 399 g/mol. The molecule has 9 nitrogen and oxygen atoms in total. The Balaban J connectivity index is 1.46. The van der Waals surface area contributed by atoms with Crippen molar-refractivity contribution in [2.24, 2.45) is 5.73 Å². The number of benzene rings is 1. The van der Waals surface area contributed by atoms with E-state index in [9.17, 15) is 14.4 Å². The van der Waals surface area contributed by atoms with E-state index >= 15 is 0 Å². The van der Waals surface area contributed by atoms with Crippen LogP contribution in [0.3, 0.4) is 0 Å². The third-order valence-corrected chi connectivity index (χ3v) is 4.80. The second-order valence-electron chi connectivity index (χ2n) is 6.94. The van der Waals surface area contributed by atoms with Gasteiger partial charge < -0.3 is 25.7 Å². The molecule has 1 aromatic heterocycles. The van der Waals surface area contributed by atoms with Gasteiger partial charge in [0.2, 0.25) is 11.8 Å². The Labute approximate surface area is 168 Å². The van der Waals surface area contributed by atoms with Gasteiger partial charge in [-0.05, 0) is 18.4 Å². The van der Waals surface area contributed by atoms with Crippen LogP contribution in [-0.2, 0) is 32.1 Å². The molecule has 4 N–H and O–H groups in total. The second kappa shape index (κ2) is 9.83. The number of amides is 2. The maximum absolute atomic E-state index is 12.7. The van der Waals surface area contributed by atoms with Crippen molar-refractivity contribution in [1.82, 2.24) is 20.2 Å². The van der Waals surface area contributed by atoms with Crippen molar-refractivity contribution in [3.05, 3.63) is 54.1 Å². The summed E-state index contributed by atoms with van der Waals surface area (Å²) in [7, 11) is 0. The van der Waals surface area contributed by atoms with E-state index in [2.05, 4.69) is 15.3 Å². The van der Waals surface area contributed by atoms with E-state index in [-0.39, 0.29) is 25.0 Å². The maximum atomic E-state index is 12.7. The van der Waals surface area contributed by atoms with Crippen molar-refractivity contribution in [1.29, 1.82) is 0 Å². The van der Waals surface area contributed by atoms with Crippen LogP contribution in [0.15, 0.2) is 42.9 Å². The zero-order valence-corrected chi connectivity index (χ0v) is 16.0. The molecule has 1 aliphatic heterocycles. The lowest BCUT2D eigenvalue weighted by Gasteiger charge is -2.26. The highest BCUT2D eigenvalue weighted by molar-refractivity contribution is 5.91. The van der Waals surface area contributed by atoms with Gasteiger partial charge in [-0.15, -0.1) is 0 Å². The highest BCUT2D eigenvalue weighted by Gasteiger charge is 2.36. The van der Waals surface area contributed by atoms with Gasteiger partial charge >= 0.3 is 5.97 Å². The van der Waals surface area contributed by atoms with E-state index in [1.54, 1.807) is 6.20 Å². The fourth-order valence-corrected chi connectivity index (χ4v) is 3.30. The number of carbonyl (C=O) groups is 3. The summed E-state index contributed by atoms with van der Waals surface area (Å²) < 4.78 is 5.15. The lowest BCUT2D eigenvalue weighted by Crippen LogP contribution is -2.52. The number of rotatable bonds is 8. The molecule has 1 fully saturated rings. The van der Waals surface area contributed by atoms with E-state index in [1.165, 1.54) is 11.2 Å². The number of carbonyl (C=O) groups excluding carboxylic acids is 3. The number of likely N-dealkylation sites (tertiary alicyclic amines) is 1. The molecule has 0 spiro atoms. The van der Waals surface area contributed by atoms with Crippen LogP contribution in [0.2, 0.25) is 0 Å². The molecule has 0 saturated carbocycles. The summed E-state index contributed by atoms with van der Waals surface area (Å²) in [6.07, 6.45) is 4.69. The van der Waals surface area contributed by atoms with Gasteiger partial charge in [-0.3, -0.25) is 14.4 Å². The summed E-state index contributed by atoms with van der Waals surface area (Å²) in [6.45, 7) is 0.364. The Bertz CT molecular complexity index is 825. The molecular formula is C20H25N5O4. The number of ether oxygens (including phenoxy) is 1. The predicted octanol–water partition coefficient (Wildman–Crippen LogP) is 0.130. The van der Waals surface area contributed by atoms with Gasteiger partial charge in [0.25, 0.3) is 0 Å². The predicted molar refractivity (Wildman–Crippen MR) is 104 cm³/mol. The Morgan fingerprint density at radius 3 is 2.83 bits per heavy atom. The summed E-state index contributed by atoms with van der Waals surface area (Å²) in [5.41, 5.74) is 7.65. The molecule has 1 aliphatic rings. The van der Waals surface area contributed by atoms with Crippen LogP contribution in [0.4, 0.5) is 0 Å². The molecule has 0 bridgehead atoms. The van der Waals surface area contributed by atoms with Gasteiger partial charge in [0.05, 0.1) is 12.4 Å². The normalized spacial score (nSPS) is 17.0. The van der Waals surface area contributed by atoms with Gasteiger partial charge in [0.15, 0.2) is 0 Å². The number of aromatic nitrogens is 2. The molecule has 154 valence electrons. The van der Waals surface area contributed by atoms with E-state index in [1.807, 2.05) is 30.3 Å². The molecule has 9 heteroatoms. The SMILES string of the molecule is N[C@@H](Cc1cnc[nH]1)C(=O)N1CCCC1C(=O)NCC(=O)OCc1ccccc1. The first-order valence-electron chi connectivity index (χ1n) is 9.55. The van der Waals surface area contributed by atoms with Crippen molar-refractivity contribution in [2.45, 2.75) is 38.0 Å². The molecule has 2 aromatic rings. The van der Waals surface area contributed by atoms with Crippen LogP contribution in [0.25, 0.3) is 0 Å². The summed E-state index contributed by atoms with van der Waals surface area (Å²) in [6, 6.07) is 7.89. The number of nitrogens with one attached hydrogen (secondary N) is 2. The Kier molecular flexibility index (Phi) is 6.96. The number of H-pyrrole nitrogens is 1. The summed E-state index contributed by atoms with van der Waals surface area (Å²) in [4.78, 5) is 45.4. The van der Waals surface area contributed by atoms with Gasteiger partial charge in [0.1, 0.15) is 19.2 Å². The average molecular weight is 399 g/mol. The lowest BCUT2D eigenvalue weighted by atomic mass is 10.1. The number of hydrogen-bond donors (Lipinski definition) is 3. The second-order valence-corrected chi connectivity index (χ2v) is 6.94. The zero-order chi connectivity index (χ0) is 20.6. The smallest absolute Gasteiger partial charge is 0.325 e. The van der Waals surface area contributed by atoms with Crippen molar-refractivity contribution in [3.63, 3.8) is 0 Å².